The van der Waals surface area contributed by atoms with E-state index < -0.39 is 0 Å². The fraction of sp³-hybridized carbons (Fsp3) is 0.909. The minimum Gasteiger partial charge on any atom is -0.305 e. The van der Waals surface area contributed by atoms with Crippen LogP contribution in [0.3, 0.4) is 0 Å². The van der Waals surface area contributed by atoms with Crippen molar-refractivity contribution in [3.05, 3.63) is 0 Å². The van der Waals surface area contributed by atoms with Crippen LogP contribution >= 0.6 is 0 Å². The Hall–Kier alpha value is -0.410. The van der Waals surface area contributed by atoms with Gasteiger partial charge in [0.1, 0.15) is 5.78 Å². The Balaban J connectivity index is 2.74. The van der Waals surface area contributed by atoms with Crippen molar-refractivity contribution in [1.29, 1.82) is 0 Å². The van der Waals surface area contributed by atoms with Gasteiger partial charge in [-0.2, -0.15) is 0 Å². The summed E-state index contributed by atoms with van der Waals surface area (Å²) in [5.41, 5.74) is 0.0822. The Kier molecular flexibility index (Phi) is 3.67. The van der Waals surface area contributed by atoms with Crippen molar-refractivity contribution in [2.24, 2.45) is 0 Å². The number of likely N-dealkylation sites (N-methyl/N-ethyl adjacent to an activating group) is 2. The quantitative estimate of drug-likeness (QED) is 0.675. The first kappa shape index (κ1) is 11.7. The average Bonchev–Trinajstić information content (AvgIpc) is 2.02. The molecule has 3 heteroatoms. The van der Waals surface area contributed by atoms with Crippen molar-refractivity contribution in [1.82, 2.24) is 9.80 Å². The molecule has 0 aromatic heterocycles. The lowest BCUT2D eigenvalue weighted by Gasteiger charge is -2.45. The predicted molar refractivity (Wildman–Crippen MR) is 58.4 cm³/mol. The third-order valence-corrected chi connectivity index (χ3v) is 3.27. The molecule has 1 rings (SSSR count). The first-order valence-electron chi connectivity index (χ1n) is 5.32. The van der Waals surface area contributed by atoms with Crippen LogP contribution in [-0.2, 0) is 4.79 Å². The number of Topliss-reactive ketones (excluding diaryl/α,β-unsaturated/α-hetero) is 1. The zero-order chi connectivity index (χ0) is 10.8. The molecule has 1 aliphatic rings. The largest absolute Gasteiger partial charge is 0.305 e. The monoisotopic (exact) mass is 198 g/mol. The zero-order valence-electron chi connectivity index (χ0n) is 9.84. The first-order chi connectivity index (χ1) is 6.46. The van der Waals surface area contributed by atoms with E-state index in [0.29, 0.717) is 12.2 Å². The van der Waals surface area contributed by atoms with Crippen LogP contribution in [0.1, 0.15) is 26.2 Å². The third kappa shape index (κ3) is 2.55. The summed E-state index contributed by atoms with van der Waals surface area (Å²) in [6.07, 6.45) is 3.02. The first-order valence-corrected chi connectivity index (χ1v) is 5.32. The van der Waals surface area contributed by atoms with Crippen molar-refractivity contribution in [3.63, 3.8) is 0 Å². The number of carbonyl (C=O) groups excluding carboxylic acids is 1. The highest BCUT2D eigenvalue weighted by molar-refractivity contribution is 5.76. The van der Waals surface area contributed by atoms with Gasteiger partial charge in [0.05, 0.1) is 0 Å². The average molecular weight is 198 g/mol. The summed E-state index contributed by atoms with van der Waals surface area (Å²) >= 11 is 0. The summed E-state index contributed by atoms with van der Waals surface area (Å²) in [4.78, 5) is 15.8. The Morgan fingerprint density at radius 2 is 2.14 bits per heavy atom. The van der Waals surface area contributed by atoms with Gasteiger partial charge in [0.15, 0.2) is 0 Å². The summed E-state index contributed by atoms with van der Waals surface area (Å²) in [7, 11) is 6.31. The highest BCUT2D eigenvalue weighted by Crippen LogP contribution is 2.28. The Labute approximate surface area is 87.1 Å². The smallest absolute Gasteiger partial charge is 0.131 e. The molecule has 1 fully saturated rings. The molecule has 0 saturated carbocycles. The number of likely N-dealkylation sites (tertiary alicyclic amines) is 1. The van der Waals surface area contributed by atoms with E-state index in [4.69, 9.17) is 0 Å². The highest BCUT2D eigenvalue weighted by atomic mass is 16.1. The van der Waals surface area contributed by atoms with Gasteiger partial charge in [-0.3, -0.25) is 4.79 Å². The number of rotatable bonds is 3. The van der Waals surface area contributed by atoms with Gasteiger partial charge in [0, 0.05) is 18.5 Å². The van der Waals surface area contributed by atoms with Gasteiger partial charge in [0.25, 0.3) is 0 Å². The van der Waals surface area contributed by atoms with Crippen molar-refractivity contribution in [3.8, 4) is 0 Å². The molecule has 0 N–H and O–H groups in total. The summed E-state index contributed by atoms with van der Waals surface area (Å²) in [6.45, 7) is 3.87. The van der Waals surface area contributed by atoms with Gasteiger partial charge in [-0.1, -0.05) is 0 Å². The van der Waals surface area contributed by atoms with E-state index in [1.54, 1.807) is 6.92 Å². The van der Waals surface area contributed by atoms with Crippen LogP contribution in [0, 0.1) is 0 Å². The molecule has 0 aromatic carbocycles. The van der Waals surface area contributed by atoms with Crippen LogP contribution in [0.4, 0.5) is 0 Å². The van der Waals surface area contributed by atoms with E-state index in [9.17, 15) is 4.79 Å². The van der Waals surface area contributed by atoms with Crippen molar-refractivity contribution >= 4 is 5.78 Å². The van der Waals surface area contributed by atoms with Gasteiger partial charge < -0.3 is 9.80 Å². The van der Waals surface area contributed by atoms with Crippen LogP contribution in [0.2, 0.25) is 0 Å². The minimum atomic E-state index is 0.0822. The topological polar surface area (TPSA) is 23.6 Å². The summed E-state index contributed by atoms with van der Waals surface area (Å²) in [5.74, 6) is 0.300. The maximum Gasteiger partial charge on any atom is 0.131 e. The molecule has 0 radical (unpaired) electrons. The molecule has 0 amide bonds. The predicted octanol–water partition coefficient (Wildman–Crippen LogP) is 0.992. The lowest BCUT2D eigenvalue weighted by molar-refractivity contribution is -0.120. The molecule has 0 spiro atoms. The highest BCUT2D eigenvalue weighted by Gasteiger charge is 2.37. The summed E-state index contributed by atoms with van der Waals surface area (Å²) < 4.78 is 0. The van der Waals surface area contributed by atoms with Crippen LogP contribution in [0.15, 0.2) is 0 Å². The van der Waals surface area contributed by atoms with Crippen LogP contribution in [0.25, 0.3) is 0 Å². The molecule has 1 saturated heterocycles. The summed E-state index contributed by atoms with van der Waals surface area (Å²) in [5, 5.41) is 0. The second kappa shape index (κ2) is 4.41. The number of hydrogen-bond acceptors (Lipinski definition) is 3. The number of nitrogens with zero attached hydrogens (tertiary/aromatic N) is 2. The minimum absolute atomic E-state index is 0.0822. The Bertz CT molecular complexity index is 215. The fourth-order valence-electron chi connectivity index (χ4n) is 2.47. The number of ketones is 1. The molecule has 1 aliphatic heterocycles. The van der Waals surface area contributed by atoms with E-state index >= 15 is 0 Å². The van der Waals surface area contributed by atoms with Gasteiger partial charge >= 0.3 is 0 Å². The van der Waals surface area contributed by atoms with Gasteiger partial charge in [-0.25, -0.2) is 0 Å². The molecule has 1 atom stereocenters. The SMILES string of the molecule is CC(=O)CC1(N(C)C)CCCN(C)C1. The van der Waals surface area contributed by atoms with E-state index in [0.717, 1.165) is 19.5 Å². The summed E-state index contributed by atoms with van der Waals surface area (Å²) in [6, 6.07) is 0. The van der Waals surface area contributed by atoms with E-state index in [1.807, 2.05) is 0 Å². The normalized spacial score (nSPS) is 29.5. The maximum absolute atomic E-state index is 11.3. The number of hydrogen-bond donors (Lipinski definition) is 0. The molecular formula is C11H22N2O. The van der Waals surface area contributed by atoms with Gasteiger partial charge in [0.2, 0.25) is 0 Å². The Morgan fingerprint density at radius 1 is 1.50 bits per heavy atom. The zero-order valence-corrected chi connectivity index (χ0v) is 9.84. The van der Waals surface area contributed by atoms with Gasteiger partial charge in [-0.15, -0.1) is 0 Å². The van der Waals surface area contributed by atoms with Gasteiger partial charge in [-0.05, 0) is 47.5 Å². The lowest BCUT2D eigenvalue weighted by Crippen LogP contribution is -2.56. The van der Waals surface area contributed by atoms with Crippen molar-refractivity contribution < 1.29 is 4.79 Å². The van der Waals surface area contributed by atoms with E-state index in [2.05, 4.69) is 30.9 Å². The van der Waals surface area contributed by atoms with E-state index in [1.165, 1.54) is 6.42 Å². The van der Waals surface area contributed by atoms with Crippen LogP contribution in [0.5, 0.6) is 0 Å². The fourth-order valence-corrected chi connectivity index (χ4v) is 2.47. The molecule has 0 aliphatic carbocycles. The molecule has 3 nitrogen and oxygen atoms in total. The lowest BCUT2D eigenvalue weighted by atomic mass is 9.83. The standard InChI is InChI=1S/C11H22N2O/c1-10(14)8-11(12(2)3)6-5-7-13(4)9-11/h5-9H2,1-4H3. The second-order valence-electron chi connectivity index (χ2n) is 4.84. The molecule has 0 bridgehead atoms. The third-order valence-electron chi connectivity index (χ3n) is 3.27. The molecule has 0 aromatic rings. The Morgan fingerprint density at radius 3 is 2.57 bits per heavy atom. The van der Waals surface area contributed by atoms with Crippen molar-refractivity contribution in [2.75, 3.05) is 34.2 Å². The molecule has 82 valence electrons. The van der Waals surface area contributed by atoms with E-state index in [-0.39, 0.29) is 5.54 Å². The van der Waals surface area contributed by atoms with Crippen LogP contribution < -0.4 is 0 Å². The molecular weight excluding hydrogens is 176 g/mol. The molecule has 1 heterocycles. The van der Waals surface area contributed by atoms with Crippen molar-refractivity contribution in [2.45, 2.75) is 31.7 Å². The maximum atomic E-state index is 11.3. The van der Waals surface area contributed by atoms with Crippen LogP contribution in [-0.4, -0.2) is 55.4 Å². The molecule has 14 heavy (non-hydrogen) atoms. The number of piperidine rings is 1. The second-order valence-corrected chi connectivity index (χ2v) is 4.84. The number of carbonyl (C=O) groups is 1. The molecule has 1 unspecified atom stereocenters.